The van der Waals surface area contributed by atoms with E-state index >= 15 is 0 Å². The summed E-state index contributed by atoms with van der Waals surface area (Å²) in [4.78, 5) is 23.0. The first-order chi connectivity index (χ1) is 8.60. The van der Waals surface area contributed by atoms with Crippen LogP contribution in [0.5, 0.6) is 0 Å². The lowest BCUT2D eigenvalue weighted by Gasteiger charge is -2.22. The fraction of sp³-hybridized carbons (Fsp3) is 0.846. The maximum atomic E-state index is 11.7. The minimum absolute atomic E-state index is 0.129. The summed E-state index contributed by atoms with van der Waals surface area (Å²) in [6.45, 7) is 4.45. The monoisotopic (exact) mass is 256 g/mol. The molecule has 104 valence electrons. The molecule has 1 fully saturated rings. The molecule has 3 N–H and O–H groups in total. The van der Waals surface area contributed by atoms with Crippen LogP contribution in [0.2, 0.25) is 0 Å². The van der Waals surface area contributed by atoms with Crippen molar-refractivity contribution in [3.63, 3.8) is 0 Å². The highest BCUT2D eigenvalue weighted by molar-refractivity contribution is 5.85. The molecule has 18 heavy (non-hydrogen) atoms. The molecule has 0 atom stereocenters. The molecule has 0 saturated heterocycles. The number of carbonyl (C=O) groups excluding carboxylic acids is 1. The molecule has 1 aliphatic carbocycles. The van der Waals surface area contributed by atoms with E-state index in [1.165, 1.54) is 0 Å². The fourth-order valence-electron chi connectivity index (χ4n) is 2.51. The van der Waals surface area contributed by atoms with Crippen molar-refractivity contribution in [3.05, 3.63) is 0 Å². The Morgan fingerprint density at radius 3 is 2.44 bits per heavy atom. The zero-order valence-electron chi connectivity index (χ0n) is 11.1. The van der Waals surface area contributed by atoms with Crippen molar-refractivity contribution in [3.8, 4) is 0 Å². The molecular formula is C13H24N2O3. The topological polar surface area (TPSA) is 78.4 Å². The van der Waals surface area contributed by atoms with Gasteiger partial charge in [-0.1, -0.05) is 19.8 Å². The molecule has 0 aliphatic heterocycles. The van der Waals surface area contributed by atoms with Crippen LogP contribution in [-0.4, -0.2) is 36.6 Å². The number of rotatable bonds is 8. The van der Waals surface area contributed by atoms with E-state index in [2.05, 4.69) is 10.6 Å². The average Bonchev–Trinajstić information content (AvgIpc) is 2.78. The van der Waals surface area contributed by atoms with Crippen LogP contribution < -0.4 is 10.6 Å². The van der Waals surface area contributed by atoms with Gasteiger partial charge < -0.3 is 15.7 Å². The Morgan fingerprint density at radius 1 is 1.22 bits per heavy atom. The van der Waals surface area contributed by atoms with Crippen LogP contribution in [0.15, 0.2) is 0 Å². The third kappa shape index (κ3) is 4.29. The molecule has 1 aliphatic rings. The van der Waals surface area contributed by atoms with Gasteiger partial charge in [-0.3, -0.25) is 9.59 Å². The molecule has 0 aromatic heterocycles. The molecule has 1 rings (SSSR count). The second kappa shape index (κ2) is 7.36. The molecule has 0 aromatic rings. The molecule has 0 radical (unpaired) electrons. The van der Waals surface area contributed by atoms with Crippen molar-refractivity contribution in [2.24, 2.45) is 5.41 Å². The molecule has 0 aromatic carbocycles. The lowest BCUT2D eigenvalue weighted by Crippen LogP contribution is -2.36. The number of carbonyl (C=O) groups is 2. The number of amides is 1. The Kier molecular flexibility index (Phi) is 6.12. The van der Waals surface area contributed by atoms with Crippen LogP contribution >= 0.6 is 0 Å². The molecule has 5 heteroatoms. The van der Waals surface area contributed by atoms with E-state index in [0.29, 0.717) is 19.4 Å². The largest absolute Gasteiger partial charge is 0.481 e. The number of aliphatic carboxylic acids is 1. The second-order valence-electron chi connectivity index (χ2n) is 5.03. The van der Waals surface area contributed by atoms with Crippen molar-refractivity contribution in [2.75, 3.05) is 19.6 Å². The Balaban J connectivity index is 2.27. The Labute approximate surface area is 108 Å². The zero-order valence-corrected chi connectivity index (χ0v) is 11.1. The molecule has 5 nitrogen and oxygen atoms in total. The second-order valence-corrected chi connectivity index (χ2v) is 5.03. The number of nitrogens with one attached hydrogen (secondary N) is 2. The van der Waals surface area contributed by atoms with Gasteiger partial charge in [0, 0.05) is 13.0 Å². The summed E-state index contributed by atoms with van der Waals surface area (Å²) in [6, 6.07) is 0. The fourth-order valence-corrected chi connectivity index (χ4v) is 2.51. The lowest BCUT2D eigenvalue weighted by molar-refractivity contribution is -0.151. The van der Waals surface area contributed by atoms with Crippen LogP contribution in [-0.2, 0) is 9.59 Å². The molecule has 1 amide bonds. The highest BCUT2D eigenvalue weighted by Crippen LogP contribution is 2.41. The summed E-state index contributed by atoms with van der Waals surface area (Å²) < 4.78 is 0. The van der Waals surface area contributed by atoms with E-state index in [4.69, 9.17) is 0 Å². The van der Waals surface area contributed by atoms with Gasteiger partial charge in [0.2, 0.25) is 5.91 Å². The summed E-state index contributed by atoms with van der Waals surface area (Å²) >= 11 is 0. The van der Waals surface area contributed by atoms with Gasteiger partial charge in [0.05, 0.1) is 5.41 Å². The summed E-state index contributed by atoms with van der Waals surface area (Å²) in [7, 11) is 0. The van der Waals surface area contributed by atoms with Crippen molar-refractivity contribution in [2.45, 2.75) is 45.4 Å². The third-order valence-corrected chi connectivity index (χ3v) is 3.62. The molecule has 0 spiro atoms. The molecular weight excluding hydrogens is 232 g/mol. The number of hydrogen-bond acceptors (Lipinski definition) is 3. The van der Waals surface area contributed by atoms with E-state index in [1.807, 2.05) is 6.92 Å². The van der Waals surface area contributed by atoms with Crippen LogP contribution in [0.1, 0.15) is 45.4 Å². The summed E-state index contributed by atoms with van der Waals surface area (Å²) in [5.74, 6) is -0.946. The predicted octanol–water partition coefficient (Wildman–Crippen LogP) is 1.14. The van der Waals surface area contributed by atoms with Gasteiger partial charge in [0.25, 0.3) is 0 Å². The standard InChI is InChI=1S/C13H24N2O3/c1-2-14-8-5-9-15-11(16)10-13(12(17)18)6-3-4-7-13/h14H,2-10H2,1H3,(H,15,16)(H,17,18). The smallest absolute Gasteiger partial charge is 0.310 e. The average molecular weight is 256 g/mol. The SMILES string of the molecule is CCNCCCNC(=O)CC1(C(=O)O)CCCC1. The molecule has 1 saturated carbocycles. The van der Waals surface area contributed by atoms with E-state index in [1.54, 1.807) is 0 Å². The van der Waals surface area contributed by atoms with Crippen molar-refractivity contribution < 1.29 is 14.7 Å². The van der Waals surface area contributed by atoms with Gasteiger partial charge in [0.15, 0.2) is 0 Å². The Morgan fingerprint density at radius 2 is 1.89 bits per heavy atom. The van der Waals surface area contributed by atoms with Crippen LogP contribution in [0.25, 0.3) is 0 Å². The molecule has 0 heterocycles. The minimum atomic E-state index is -0.817. The van der Waals surface area contributed by atoms with E-state index in [9.17, 15) is 14.7 Å². The van der Waals surface area contributed by atoms with Crippen LogP contribution in [0.4, 0.5) is 0 Å². The number of hydrogen-bond donors (Lipinski definition) is 3. The number of carboxylic acids is 1. The minimum Gasteiger partial charge on any atom is -0.481 e. The quantitative estimate of drug-likeness (QED) is 0.569. The van der Waals surface area contributed by atoms with Crippen molar-refractivity contribution >= 4 is 11.9 Å². The van der Waals surface area contributed by atoms with E-state index in [-0.39, 0.29) is 12.3 Å². The van der Waals surface area contributed by atoms with Gasteiger partial charge >= 0.3 is 5.97 Å². The maximum Gasteiger partial charge on any atom is 0.310 e. The molecule has 0 unspecified atom stereocenters. The highest BCUT2D eigenvalue weighted by atomic mass is 16.4. The molecule has 0 bridgehead atoms. The van der Waals surface area contributed by atoms with Gasteiger partial charge in [-0.25, -0.2) is 0 Å². The van der Waals surface area contributed by atoms with E-state index < -0.39 is 11.4 Å². The Hall–Kier alpha value is -1.10. The van der Waals surface area contributed by atoms with E-state index in [0.717, 1.165) is 32.4 Å². The summed E-state index contributed by atoms with van der Waals surface area (Å²) in [5.41, 5.74) is -0.800. The van der Waals surface area contributed by atoms with Gasteiger partial charge in [-0.05, 0) is 32.4 Å². The first-order valence-corrected chi connectivity index (χ1v) is 6.81. The first-order valence-electron chi connectivity index (χ1n) is 6.81. The lowest BCUT2D eigenvalue weighted by atomic mass is 9.82. The maximum absolute atomic E-state index is 11.7. The van der Waals surface area contributed by atoms with Gasteiger partial charge in [-0.2, -0.15) is 0 Å². The highest BCUT2D eigenvalue weighted by Gasteiger charge is 2.42. The first kappa shape index (κ1) is 15.0. The third-order valence-electron chi connectivity index (χ3n) is 3.62. The normalized spacial score (nSPS) is 17.6. The number of carboxylic acid groups (broad SMARTS) is 1. The summed E-state index contributed by atoms with van der Waals surface area (Å²) in [6.07, 6.45) is 4.10. The summed E-state index contributed by atoms with van der Waals surface area (Å²) in [5, 5.41) is 15.2. The van der Waals surface area contributed by atoms with Gasteiger partial charge in [0.1, 0.15) is 0 Å². The zero-order chi connectivity index (χ0) is 13.4. The van der Waals surface area contributed by atoms with Crippen molar-refractivity contribution in [1.29, 1.82) is 0 Å². The van der Waals surface area contributed by atoms with Crippen molar-refractivity contribution in [1.82, 2.24) is 10.6 Å². The Bertz CT molecular complexity index is 286. The van der Waals surface area contributed by atoms with Crippen LogP contribution in [0.3, 0.4) is 0 Å². The van der Waals surface area contributed by atoms with Gasteiger partial charge in [-0.15, -0.1) is 0 Å². The predicted molar refractivity (Wildman–Crippen MR) is 69.3 cm³/mol. The van der Waals surface area contributed by atoms with Crippen LogP contribution in [0, 0.1) is 5.41 Å².